The summed E-state index contributed by atoms with van der Waals surface area (Å²) in [6.45, 7) is 0.591. The molecule has 0 bridgehead atoms. The highest BCUT2D eigenvalue weighted by Crippen LogP contribution is 2.31. The average molecular weight is 373 g/mol. The van der Waals surface area contributed by atoms with Crippen molar-refractivity contribution in [3.05, 3.63) is 95.6 Å². The molecular weight excluding hydrogens is 350 g/mol. The minimum Gasteiger partial charge on any atom is -0.493 e. The van der Waals surface area contributed by atoms with E-state index in [0.717, 1.165) is 35.5 Å². The topological polar surface area (TPSA) is 47.6 Å². The summed E-state index contributed by atoms with van der Waals surface area (Å²) in [7, 11) is 0. The monoisotopic (exact) mass is 373 g/mol. The van der Waals surface area contributed by atoms with Crippen molar-refractivity contribution in [1.82, 2.24) is 5.32 Å². The Bertz CT molecular complexity index is 939. The molecule has 1 heterocycles. The summed E-state index contributed by atoms with van der Waals surface area (Å²) in [6, 6.07) is 25.9. The SMILES string of the molecule is O=C(COc1ccccc1Cc1ccccc1)N[C@@H]1CCOc2ccccc21. The number of fused-ring (bicyclic) bond motifs is 1. The summed E-state index contributed by atoms with van der Waals surface area (Å²) >= 11 is 0. The number of rotatable bonds is 6. The van der Waals surface area contributed by atoms with Gasteiger partial charge in [-0.1, -0.05) is 66.7 Å². The quantitative estimate of drug-likeness (QED) is 0.701. The van der Waals surface area contributed by atoms with E-state index in [-0.39, 0.29) is 18.6 Å². The number of amides is 1. The Hall–Kier alpha value is -3.27. The molecule has 1 aliphatic heterocycles. The Balaban J connectivity index is 1.38. The number of hydrogen-bond acceptors (Lipinski definition) is 3. The number of para-hydroxylation sites is 2. The minimum absolute atomic E-state index is 0.00860. The maximum absolute atomic E-state index is 12.5. The lowest BCUT2D eigenvalue weighted by molar-refractivity contribution is -0.124. The first-order valence-corrected chi connectivity index (χ1v) is 9.55. The van der Waals surface area contributed by atoms with Crippen LogP contribution in [0.1, 0.15) is 29.2 Å². The first-order chi connectivity index (χ1) is 13.8. The molecule has 3 aromatic carbocycles. The van der Waals surface area contributed by atoms with Crippen molar-refractivity contribution in [2.75, 3.05) is 13.2 Å². The van der Waals surface area contributed by atoms with E-state index in [1.165, 1.54) is 5.56 Å². The molecule has 1 atom stereocenters. The van der Waals surface area contributed by atoms with Crippen LogP contribution in [0, 0.1) is 0 Å². The third kappa shape index (κ3) is 4.34. The van der Waals surface area contributed by atoms with E-state index in [1.54, 1.807) is 0 Å². The minimum atomic E-state index is -0.129. The third-order valence-corrected chi connectivity index (χ3v) is 4.86. The van der Waals surface area contributed by atoms with Gasteiger partial charge in [-0.05, 0) is 23.3 Å². The van der Waals surface area contributed by atoms with Gasteiger partial charge in [0.15, 0.2) is 6.61 Å². The molecule has 0 saturated carbocycles. The van der Waals surface area contributed by atoms with Crippen LogP contribution in [0.15, 0.2) is 78.9 Å². The van der Waals surface area contributed by atoms with Gasteiger partial charge in [-0.2, -0.15) is 0 Å². The first kappa shape index (κ1) is 18.1. The smallest absolute Gasteiger partial charge is 0.258 e. The lowest BCUT2D eigenvalue weighted by Gasteiger charge is -2.26. The highest BCUT2D eigenvalue weighted by Gasteiger charge is 2.22. The maximum Gasteiger partial charge on any atom is 0.258 e. The molecule has 0 unspecified atom stereocenters. The van der Waals surface area contributed by atoms with Crippen molar-refractivity contribution in [1.29, 1.82) is 0 Å². The number of hydrogen-bond donors (Lipinski definition) is 1. The van der Waals surface area contributed by atoms with E-state index in [4.69, 9.17) is 9.47 Å². The standard InChI is InChI=1S/C24H23NO3/c26-24(25-21-14-15-27-23-13-7-5-11-20(21)23)17-28-22-12-6-4-10-19(22)16-18-8-2-1-3-9-18/h1-13,21H,14-17H2,(H,25,26)/t21-/m1/s1. The molecule has 3 aromatic rings. The molecule has 1 amide bonds. The zero-order chi connectivity index (χ0) is 19.2. The Morgan fingerprint density at radius 1 is 0.964 bits per heavy atom. The van der Waals surface area contributed by atoms with Crippen LogP contribution in [-0.2, 0) is 11.2 Å². The van der Waals surface area contributed by atoms with Gasteiger partial charge in [0.05, 0.1) is 12.6 Å². The van der Waals surface area contributed by atoms with E-state index >= 15 is 0 Å². The summed E-state index contributed by atoms with van der Waals surface area (Å²) in [5.41, 5.74) is 3.30. The first-order valence-electron chi connectivity index (χ1n) is 9.55. The number of carbonyl (C=O) groups excluding carboxylic acids is 1. The van der Waals surface area contributed by atoms with Gasteiger partial charge >= 0.3 is 0 Å². The van der Waals surface area contributed by atoms with Crippen molar-refractivity contribution in [2.45, 2.75) is 18.9 Å². The lowest BCUT2D eigenvalue weighted by atomic mass is 10.0. The summed E-state index contributed by atoms with van der Waals surface area (Å²) in [5.74, 6) is 1.46. The molecule has 1 aliphatic rings. The van der Waals surface area contributed by atoms with Gasteiger partial charge in [-0.15, -0.1) is 0 Å². The van der Waals surface area contributed by atoms with E-state index in [1.807, 2.05) is 66.7 Å². The van der Waals surface area contributed by atoms with E-state index in [0.29, 0.717) is 6.61 Å². The van der Waals surface area contributed by atoms with Gasteiger partial charge in [0.2, 0.25) is 0 Å². The zero-order valence-electron chi connectivity index (χ0n) is 15.6. The largest absolute Gasteiger partial charge is 0.493 e. The van der Waals surface area contributed by atoms with Crippen LogP contribution in [0.4, 0.5) is 0 Å². The Morgan fingerprint density at radius 2 is 1.71 bits per heavy atom. The molecule has 28 heavy (non-hydrogen) atoms. The van der Waals surface area contributed by atoms with Gasteiger partial charge < -0.3 is 14.8 Å². The van der Waals surface area contributed by atoms with Crippen molar-refractivity contribution in [3.63, 3.8) is 0 Å². The molecule has 0 fully saturated rings. The molecule has 4 rings (SSSR count). The van der Waals surface area contributed by atoms with Crippen LogP contribution in [0.2, 0.25) is 0 Å². The summed E-state index contributed by atoms with van der Waals surface area (Å²) < 4.78 is 11.5. The average Bonchev–Trinajstić information content (AvgIpc) is 2.74. The Labute approximate surface area is 165 Å². The van der Waals surface area contributed by atoms with Crippen molar-refractivity contribution >= 4 is 5.91 Å². The van der Waals surface area contributed by atoms with Gasteiger partial charge in [0, 0.05) is 18.4 Å². The molecule has 0 saturated heterocycles. The van der Waals surface area contributed by atoms with Crippen molar-refractivity contribution in [2.24, 2.45) is 0 Å². The predicted molar refractivity (Wildman–Crippen MR) is 109 cm³/mol. The van der Waals surface area contributed by atoms with Crippen molar-refractivity contribution < 1.29 is 14.3 Å². The second kappa shape index (κ2) is 8.61. The highest BCUT2D eigenvalue weighted by atomic mass is 16.5. The van der Waals surface area contributed by atoms with E-state index < -0.39 is 0 Å². The molecule has 142 valence electrons. The van der Waals surface area contributed by atoms with Gasteiger partial charge in [-0.25, -0.2) is 0 Å². The van der Waals surface area contributed by atoms with Crippen LogP contribution in [0.3, 0.4) is 0 Å². The molecule has 4 heteroatoms. The molecule has 0 aromatic heterocycles. The fourth-order valence-corrected chi connectivity index (χ4v) is 3.48. The normalized spacial score (nSPS) is 15.2. The number of carbonyl (C=O) groups is 1. The van der Waals surface area contributed by atoms with Crippen LogP contribution in [0.5, 0.6) is 11.5 Å². The predicted octanol–water partition coefficient (Wildman–Crippen LogP) is 4.30. The summed E-state index contributed by atoms with van der Waals surface area (Å²) in [5, 5.41) is 3.07. The van der Waals surface area contributed by atoms with Crippen LogP contribution >= 0.6 is 0 Å². The lowest BCUT2D eigenvalue weighted by Crippen LogP contribution is -2.35. The summed E-state index contributed by atoms with van der Waals surface area (Å²) in [4.78, 5) is 12.5. The Kier molecular flexibility index (Phi) is 5.57. The molecule has 0 spiro atoms. The second-order valence-electron chi connectivity index (χ2n) is 6.85. The molecule has 4 nitrogen and oxygen atoms in total. The molecule has 0 aliphatic carbocycles. The molecule has 1 N–H and O–H groups in total. The van der Waals surface area contributed by atoms with Crippen LogP contribution in [0.25, 0.3) is 0 Å². The second-order valence-corrected chi connectivity index (χ2v) is 6.85. The van der Waals surface area contributed by atoms with Gasteiger partial charge in [-0.3, -0.25) is 4.79 Å². The van der Waals surface area contributed by atoms with Crippen LogP contribution in [-0.4, -0.2) is 19.1 Å². The van der Waals surface area contributed by atoms with E-state index in [9.17, 15) is 4.79 Å². The third-order valence-electron chi connectivity index (χ3n) is 4.86. The summed E-state index contributed by atoms with van der Waals surface area (Å²) in [6.07, 6.45) is 1.53. The van der Waals surface area contributed by atoms with Crippen molar-refractivity contribution in [3.8, 4) is 11.5 Å². The maximum atomic E-state index is 12.5. The Morgan fingerprint density at radius 3 is 2.61 bits per heavy atom. The highest BCUT2D eigenvalue weighted by molar-refractivity contribution is 5.78. The molecular formula is C24H23NO3. The fraction of sp³-hybridized carbons (Fsp3) is 0.208. The fourth-order valence-electron chi connectivity index (χ4n) is 3.48. The zero-order valence-corrected chi connectivity index (χ0v) is 15.6. The van der Waals surface area contributed by atoms with Crippen LogP contribution < -0.4 is 14.8 Å². The molecule has 0 radical (unpaired) electrons. The number of benzene rings is 3. The van der Waals surface area contributed by atoms with Gasteiger partial charge in [0.1, 0.15) is 11.5 Å². The number of nitrogens with one attached hydrogen (secondary N) is 1. The van der Waals surface area contributed by atoms with E-state index in [2.05, 4.69) is 17.4 Å². The van der Waals surface area contributed by atoms with Gasteiger partial charge in [0.25, 0.3) is 5.91 Å². The number of ether oxygens (including phenoxy) is 2.